The van der Waals surface area contributed by atoms with Crippen LogP contribution in [0.2, 0.25) is 0 Å². The number of rotatable bonds is 6. The first-order valence-corrected chi connectivity index (χ1v) is 10.3. The van der Waals surface area contributed by atoms with Crippen LogP contribution < -0.4 is 5.32 Å². The first-order chi connectivity index (χ1) is 12.0. The fourth-order valence-electron chi connectivity index (χ4n) is 4.49. The predicted octanol–water partition coefficient (Wildman–Crippen LogP) is 5.21. The van der Waals surface area contributed by atoms with Gasteiger partial charge in [0.1, 0.15) is 0 Å². The number of likely N-dealkylation sites (tertiary alicyclic amines) is 1. The van der Waals surface area contributed by atoms with Gasteiger partial charge >= 0.3 is 0 Å². The molecule has 0 aromatic heterocycles. The van der Waals surface area contributed by atoms with Crippen molar-refractivity contribution in [1.29, 1.82) is 0 Å². The lowest BCUT2D eigenvalue weighted by Gasteiger charge is -2.44. The van der Waals surface area contributed by atoms with Crippen LogP contribution in [0, 0.1) is 13.8 Å². The number of hydrogen-bond acceptors (Lipinski definition) is 1. The van der Waals surface area contributed by atoms with E-state index < -0.39 is 0 Å². The number of carbonyl (C=O) groups is 1. The summed E-state index contributed by atoms with van der Waals surface area (Å²) in [5.74, 6) is 0.224. The van der Waals surface area contributed by atoms with Gasteiger partial charge in [0.25, 0.3) is 5.91 Å². The third-order valence-electron chi connectivity index (χ3n) is 6.09. The third-order valence-corrected chi connectivity index (χ3v) is 6.09. The van der Waals surface area contributed by atoms with Crippen molar-refractivity contribution in [2.75, 3.05) is 25.0 Å². The van der Waals surface area contributed by atoms with Crippen LogP contribution in [-0.2, 0) is 4.79 Å². The van der Waals surface area contributed by atoms with Crippen molar-refractivity contribution in [1.82, 2.24) is 0 Å². The molecule has 1 heterocycles. The highest BCUT2D eigenvalue weighted by Crippen LogP contribution is 2.27. The van der Waals surface area contributed by atoms with Crippen molar-refractivity contribution in [2.45, 2.75) is 78.7 Å². The van der Waals surface area contributed by atoms with Crippen LogP contribution in [0.4, 0.5) is 5.69 Å². The molecule has 0 spiro atoms. The Labute approximate surface area is 154 Å². The van der Waals surface area contributed by atoms with Gasteiger partial charge in [-0.3, -0.25) is 4.79 Å². The van der Waals surface area contributed by atoms with Crippen molar-refractivity contribution < 1.29 is 9.28 Å². The van der Waals surface area contributed by atoms with Crippen LogP contribution in [0.1, 0.15) is 69.9 Å². The van der Waals surface area contributed by atoms with E-state index in [0.29, 0.717) is 0 Å². The van der Waals surface area contributed by atoms with E-state index in [-0.39, 0.29) is 11.9 Å². The van der Waals surface area contributed by atoms with Gasteiger partial charge in [-0.25, -0.2) is 0 Å². The minimum Gasteiger partial charge on any atom is -0.320 e. The topological polar surface area (TPSA) is 29.1 Å². The Kier molecular flexibility index (Phi) is 7.49. The van der Waals surface area contributed by atoms with Gasteiger partial charge in [0.2, 0.25) is 0 Å². The highest BCUT2D eigenvalue weighted by Gasteiger charge is 2.39. The van der Waals surface area contributed by atoms with Gasteiger partial charge < -0.3 is 9.80 Å². The fraction of sp³-hybridized carbons (Fsp3) is 0.682. The van der Waals surface area contributed by atoms with Crippen molar-refractivity contribution in [2.24, 2.45) is 0 Å². The van der Waals surface area contributed by atoms with Crippen LogP contribution in [0.25, 0.3) is 0 Å². The summed E-state index contributed by atoms with van der Waals surface area (Å²) in [5, 5.41) is 3.30. The first kappa shape index (κ1) is 20.0. The summed E-state index contributed by atoms with van der Waals surface area (Å²) < 4.78 is 0.977. The summed E-state index contributed by atoms with van der Waals surface area (Å²) in [6.45, 7) is 12.0. The smallest absolute Gasteiger partial charge is 0.282 e. The second-order valence-corrected chi connectivity index (χ2v) is 7.81. The van der Waals surface area contributed by atoms with Crippen molar-refractivity contribution in [3.63, 3.8) is 0 Å². The summed E-state index contributed by atoms with van der Waals surface area (Å²) in [7, 11) is 0. The van der Waals surface area contributed by atoms with Crippen molar-refractivity contribution >= 4 is 11.6 Å². The molecule has 1 atom stereocenters. The second-order valence-electron chi connectivity index (χ2n) is 7.81. The molecule has 25 heavy (non-hydrogen) atoms. The molecule has 0 radical (unpaired) electrons. The highest BCUT2D eigenvalue weighted by molar-refractivity contribution is 5.95. The van der Waals surface area contributed by atoms with E-state index in [1.54, 1.807) is 0 Å². The maximum absolute atomic E-state index is 13.3. The number of nitrogens with zero attached hydrogens (tertiary/aromatic N) is 1. The van der Waals surface area contributed by atoms with E-state index >= 15 is 0 Å². The molecule has 1 aliphatic rings. The van der Waals surface area contributed by atoms with Crippen LogP contribution in [0.3, 0.4) is 0 Å². The molecule has 1 aromatic carbocycles. The predicted molar refractivity (Wildman–Crippen MR) is 107 cm³/mol. The molecule has 1 amide bonds. The molecule has 1 saturated heterocycles. The monoisotopic (exact) mass is 345 g/mol. The quantitative estimate of drug-likeness (QED) is 0.704. The molecule has 3 heteroatoms. The highest BCUT2D eigenvalue weighted by atomic mass is 16.2. The first-order valence-electron chi connectivity index (χ1n) is 10.3. The van der Waals surface area contributed by atoms with Crippen LogP contribution >= 0.6 is 0 Å². The third kappa shape index (κ3) is 4.84. The van der Waals surface area contributed by atoms with Gasteiger partial charge in [0.15, 0.2) is 6.04 Å². The number of para-hydroxylation sites is 1. The molecule has 1 fully saturated rings. The lowest BCUT2D eigenvalue weighted by Crippen LogP contribution is -2.61. The second kappa shape index (κ2) is 9.38. The van der Waals surface area contributed by atoms with Crippen LogP contribution in [-0.4, -0.2) is 36.1 Å². The Bertz CT molecular complexity index is 539. The molecule has 0 saturated carbocycles. The van der Waals surface area contributed by atoms with Gasteiger partial charge in [0.05, 0.1) is 19.6 Å². The minimum absolute atomic E-state index is 0.0760. The molecule has 2 rings (SSSR count). The molecule has 1 aliphatic heterocycles. The van der Waals surface area contributed by atoms with Crippen molar-refractivity contribution in [3.8, 4) is 0 Å². The van der Waals surface area contributed by atoms with E-state index in [4.69, 9.17) is 0 Å². The molecule has 0 bridgehead atoms. The molecule has 0 aliphatic carbocycles. The van der Waals surface area contributed by atoms with Gasteiger partial charge in [-0.05, 0) is 64.0 Å². The average molecular weight is 346 g/mol. The van der Waals surface area contributed by atoms with Crippen LogP contribution in [0.15, 0.2) is 18.2 Å². The van der Waals surface area contributed by atoms with Gasteiger partial charge in [-0.1, -0.05) is 31.5 Å². The van der Waals surface area contributed by atoms with E-state index in [2.05, 4.69) is 51.2 Å². The van der Waals surface area contributed by atoms with E-state index in [9.17, 15) is 4.79 Å². The minimum atomic E-state index is 0.0760. The largest absolute Gasteiger partial charge is 0.320 e. The summed E-state index contributed by atoms with van der Waals surface area (Å²) in [6.07, 6.45) is 8.54. The number of amides is 1. The zero-order valence-corrected chi connectivity index (χ0v) is 16.7. The average Bonchev–Trinajstić information content (AvgIpc) is 2.57. The Hall–Kier alpha value is -1.35. The lowest BCUT2D eigenvalue weighted by molar-refractivity contribution is -0.942. The molecule has 1 N–H and O–H groups in total. The number of anilines is 1. The zero-order valence-electron chi connectivity index (χ0n) is 16.7. The number of benzene rings is 1. The van der Waals surface area contributed by atoms with Gasteiger partial charge in [-0.15, -0.1) is 0 Å². The van der Waals surface area contributed by atoms with E-state index in [0.717, 1.165) is 53.8 Å². The maximum Gasteiger partial charge on any atom is 0.282 e. The molecule has 140 valence electrons. The number of carbonyl (C=O) groups excluding carboxylic acids is 1. The Morgan fingerprint density at radius 3 is 2.12 bits per heavy atom. The Morgan fingerprint density at radius 2 is 1.60 bits per heavy atom. The molecule has 1 unspecified atom stereocenters. The standard InChI is InChI=1S/C22H36N2O/c1-5-13-20(24(6-2)16-10-8-7-9-11-17-24)22(25)23-21-18(3)14-12-15-19(21)4/h12,14-15,20H,5-11,13,16-17H2,1-4H3/p+1. The maximum atomic E-state index is 13.3. The van der Waals surface area contributed by atoms with Gasteiger partial charge in [0, 0.05) is 12.1 Å². The van der Waals surface area contributed by atoms with Crippen LogP contribution in [0.5, 0.6) is 0 Å². The number of nitrogens with one attached hydrogen (secondary N) is 1. The summed E-state index contributed by atoms with van der Waals surface area (Å²) in [6, 6.07) is 6.30. The SMILES string of the molecule is CCCC(C(=O)Nc1c(C)cccc1C)[N+]1(CC)CCCCCCC1. The molecule has 3 nitrogen and oxygen atoms in total. The normalized spacial score (nSPS) is 18.9. The summed E-state index contributed by atoms with van der Waals surface area (Å²) in [5.41, 5.74) is 3.31. The zero-order chi connectivity index (χ0) is 18.3. The number of hydrogen-bond donors (Lipinski definition) is 1. The van der Waals surface area contributed by atoms with E-state index in [1.807, 2.05) is 0 Å². The lowest BCUT2D eigenvalue weighted by atomic mass is 9.99. The van der Waals surface area contributed by atoms with Crippen molar-refractivity contribution in [3.05, 3.63) is 29.3 Å². The van der Waals surface area contributed by atoms with E-state index in [1.165, 1.54) is 32.1 Å². The Balaban J connectivity index is 2.26. The molecular formula is C22H37N2O+. The number of likely N-dealkylation sites (N-methyl/N-ethyl adjacent to an activating group) is 1. The fourth-order valence-corrected chi connectivity index (χ4v) is 4.49. The number of quaternary nitrogens is 1. The number of aryl methyl sites for hydroxylation is 2. The summed E-state index contributed by atoms with van der Waals surface area (Å²) >= 11 is 0. The molecular weight excluding hydrogens is 308 g/mol. The molecule has 1 aromatic rings. The summed E-state index contributed by atoms with van der Waals surface area (Å²) in [4.78, 5) is 13.3. The Morgan fingerprint density at radius 1 is 1.04 bits per heavy atom. The van der Waals surface area contributed by atoms with Gasteiger partial charge in [-0.2, -0.15) is 0 Å².